The number of hydrogen-bond acceptors (Lipinski definition) is 6. The van der Waals surface area contributed by atoms with Gasteiger partial charge in [-0.1, -0.05) is 6.92 Å². The number of rotatable bonds is 6. The van der Waals surface area contributed by atoms with Gasteiger partial charge in [0, 0.05) is 20.1 Å². The summed E-state index contributed by atoms with van der Waals surface area (Å²) in [6, 6.07) is 0. The quantitative estimate of drug-likeness (QED) is 0.755. The van der Waals surface area contributed by atoms with Crippen LogP contribution in [0.5, 0.6) is 0 Å². The average Bonchev–Trinajstić information content (AvgIpc) is 2.98. The molecule has 0 spiro atoms. The second kappa shape index (κ2) is 7.85. The number of aryl methyl sites for hydroxylation is 1. The van der Waals surface area contributed by atoms with Crippen LogP contribution in [-0.2, 0) is 18.3 Å². The van der Waals surface area contributed by atoms with E-state index in [-0.39, 0.29) is 19.3 Å². The van der Waals surface area contributed by atoms with E-state index in [9.17, 15) is 14.7 Å². The summed E-state index contributed by atoms with van der Waals surface area (Å²) in [5.41, 5.74) is -0.363. The van der Waals surface area contributed by atoms with Gasteiger partial charge in [0.15, 0.2) is 11.2 Å². The maximum Gasteiger partial charge on any atom is 0.329 e. The molecule has 9 heteroatoms. The van der Waals surface area contributed by atoms with Crippen LogP contribution < -0.4 is 16.1 Å². The molecule has 1 aliphatic heterocycles. The number of hydrogen-bond donors (Lipinski definition) is 2. The van der Waals surface area contributed by atoms with Crippen LogP contribution in [0.2, 0.25) is 0 Å². The SMILES string of the molecule is CC1CCN(c2nc3c(c(=O)[nH]c(=O)n3C)n2C[C@H](O)COC(C)C)CC1. The standard InChI is InChI=1S/C18H29N5O4/c1-11(2)27-10-13(24)9-23-14-15(21(4)18(26)20-16(14)25)19-17(23)22-7-5-12(3)6-8-22/h11-13,24H,5-10H2,1-4H3,(H,20,25,26)/t13-/m0/s1. The molecule has 1 fully saturated rings. The van der Waals surface area contributed by atoms with Crippen LogP contribution in [0, 0.1) is 5.92 Å². The third-order valence-electron chi connectivity index (χ3n) is 5.07. The summed E-state index contributed by atoms with van der Waals surface area (Å²) in [5.74, 6) is 1.27. The predicted octanol–water partition coefficient (Wildman–Crippen LogP) is 0.446. The van der Waals surface area contributed by atoms with E-state index in [4.69, 9.17) is 4.74 Å². The Morgan fingerprint density at radius 3 is 2.59 bits per heavy atom. The molecule has 0 aliphatic carbocycles. The lowest BCUT2D eigenvalue weighted by atomic mass is 10.00. The minimum Gasteiger partial charge on any atom is -0.389 e. The minimum atomic E-state index is -0.788. The molecular formula is C18H29N5O4. The van der Waals surface area contributed by atoms with Crippen molar-refractivity contribution >= 4 is 17.1 Å². The van der Waals surface area contributed by atoms with E-state index in [2.05, 4.69) is 21.8 Å². The summed E-state index contributed by atoms with van der Waals surface area (Å²) < 4.78 is 8.55. The van der Waals surface area contributed by atoms with E-state index in [1.54, 1.807) is 11.6 Å². The van der Waals surface area contributed by atoms with E-state index >= 15 is 0 Å². The van der Waals surface area contributed by atoms with Crippen LogP contribution in [-0.4, -0.2) is 56.1 Å². The van der Waals surface area contributed by atoms with Crippen molar-refractivity contribution in [3.05, 3.63) is 20.8 Å². The third kappa shape index (κ3) is 4.08. The van der Waals surface area contributed by atoms with Crippen molar-refractivity contribution < 1.29 is 9.84 Å². The zero-order valence-corrected chi connectivity index (χ0v) is 16.4. The molecule has 0 bridgehead atoms. The van der Waals surface area contributed by atoms with Crippen molar-refractivity contribution in [3.63, 3.8) is 0 Å². The first kappa shape index (κ1) is 19.6. The number of nitrogens with one attached hydrogen (secondary N) is 1. The van der Waals surface area contributed by atoms with Gasteiger partial charge in [-0.3, -0.25) is 14.3 Å². The summed E-state index contributed by atoms with van der Waals surface area (Å²) in [6.07, 6.45) is 1.30. The van der Waals surface area contributed by atoms with Crippen molar-refractivity contribution in [2.75, 3.05) is 24.6 Å². The average molecular weight is 379 g/mol. The maximum atomic E-state index is 12.5. The molecule has 9 nitrogen and oxygen atoms in total. The van der Waals surface area contributed by atoms with Crippen molar-refractivity contribution in [1.82, 2.24) is 19.1 Å². The minimum absolute atomic E-state index is 0.00598. The van der Waals surface area contributed by atoms with Gasteiger partial charge >= 0.3 is 5.69 Å². The van der Waals surface area contributed by atoms with Crippen LogP contribution in [0.1, 0.15) is 33.6 Å². The van der Waals surface area contributed by atoms with Crippen LogP contribution >= 0.6 is 0 Å². The zero-order chi connectivity index (χ0) is 19.7. The number of aromatic nitrogens is 4. The van der Waals surface area contributed by atoms with Crippen molar-refractivity contribution in [3.8, 4) is 0 Å². The molecule has 0 saturated carbocycles. The largest absolute Gasteiger partial charge is 0.389 e. The number of H-pyrrole nitrogens is 1. The monoisotopic (exact) mass is 379 g/mol. The van der Waals surface area contributed by atoms with Gasteiger partial charge in [-0.25, -0.2) is 4.79 Å². The first-order chi connectivity index (χ1) is 12.8. The molecule has 3 rings (SSSR count). The number of aromatic amines is 1. The van der Waals surface area contributed by atoms with E-state index in [0.717, 1.165) is 25.9 Å². The van der Waals surface area contributed by atoms with Gasteiger partial charge in [-0.2, -0.15) is 4.98 Å². The number of fused-ring (bicyclic) bond motifs is 1. The molecule has 1 aliphatic rings. The van der Waals surface area contributed by atoms with Crippen molar-refractivity contribution in [2.24, 2.45) is 13.0 Å². The molecular weight excluding hydrogens is 350 g/mol. The van der Waals surface area contributed by atoms with Crippen molar-refractivity contribution in [1.29, 1.82) is 0 Å². The van der Waals surface area contributed by atoms with Crippen LogP contribution in [0.4, 0.5) is 5.95 Å². The van der Waals surface area contributed by atoms with E-state index in [0.29, 0.717) is 23.0 Å². The molecule has 1 saturated heterocycles. The number of anilines is 1. The molecule has 1 atom stereocenters. The Morgan fingerprint density at radius 2 is 1.96 bits per heavy atom. The van der Waals surface area contributed by atoms with Crippen LogP contribution in [0.25, 0.3) is 11.2 Å². The molecule has 0 unspecified atom stereocenters. The Kier molecular flexibility index (Phi) is 5.71. The third-order valence-corrected chi connectivity index (χ3v) is 5.07. The second-order valence-electron chi connectivity index (χ2n) is 7.72. The number of aliphatic hydroxyl groups excluding tert-OH is 1. The number of imidazole rings is 1. The highest BCUT2D eigenvalue weighted by atomic mass is 16.5. The summed E-state index contributed by atoms with van der Waals surface area (Å²) in [4.78, 5) is 33.5. The predicted molar refractivity (Wildman–Crippen MR) is 103 cm³/mol. The fraction of sp³-hybridized carbons (Fsp3) is 0.722. The molecule has 0 aromatic carbocycles. The molecule has 3 heterocycles. The molecule has 2 aromatic rings. The number of piperidine rings is 1. The fourth-order valence-corrected chi connectivity index (χ4v) is 3.41. The molecule has 0 amide bonds. The lowest BCUT2D eigenvalue weighted by Crippen LogP contribution is -2.36. The number of aliphatic hydroxyl groups is 1. The van der Waals surface area contributed by atoms with Gasteiger partial charge in [-0.05, 0) is 32.6 Å². The summed E-state index contributed by atoms with van der Waals surface area (Å²) in [7, 11) is 1.58. The molecule has 27 heavy (non-hydrogen) atoms. The smallest absolute Gasteiger partial charge is 0.329 e. The Morgan fingerprint density at radius 1 is 1.30 bits per heavy atom. The second-order valence-corrected chi connectivity index (χ2v) is 7.72. The highest BCUT2D eigenvalue weighted by molar-refractivity contribution is 5.74. The van der Waals surface area contributed by atoms with Gasteiger partial charge in [-0.15, -0.1) is 0 Å². The van der Waals surface area contributed by atoms with E-state index in [1.807, 2.05) is 13.8 Å². The molecule has 2 N–H and O–H groups in total. The van der Waals surface area contributed by atoms with Gasteiger partial charge in [0.1, 0.15) is 0 Å². The Labute approximate surface area is 157 Å². The van der Waals surface area contributed by atoms with Crippen LogP contribution in [0.3, 0.4) is 0 Å². The lowest BCUT2D eigenvalue weighted by molar-refractivity contribution is -0.000190. The Balaban J connectivity index is 2.04. The summed E-state index contributed by atoms with van der Waals surface area (Å²) >= 11 is 0. The lowest BCUT2D eigenvalue weighted by Gasteiger charge is -2.31. The highest BCUT2D eigenvalue weighted by Gasteiger charge is 2.25. The van der Waals surface area contributed by atoms with E-state index < -0.39 is 17.4 Å². The van der Waals surface area contributed by atoms with Gasteiger partial charge in [0.05, 0.1) is 25.4 Å². The van der Waals surface area contributed by atoms with Crippen molar-refractivity contribution in [2.45, 2.75) is 52.4 Å². The first-order valence-corrected chi connectivity index (χ1v) is 9.52. The maximum absolute atomic E-state index is 12.5. The fourth-order valence-electron chi connectivity index (χ4n) is 3.41. The molecule has 2 aromatic heterocycles. The van der Waals surface area contributed by atoms with Gasteiger partial charge in [0.2, 0.25) is 5.95 Å². The molecule has 150 valence electrons. The van der Waals surface area contributed by atoms with E-state index in [1.165, 1.54) is 4.57 Å². The van der Waals surface area contributed by atoms with Crippen LogP contribution in [0.15, 0.2) is 9.59 Å². The van der Waals surface area contributed by atoms with Gasteiger partial charge in [0.25, 0.3) is 5.56 Å². The summed E-state index contributed by atoms with van der Waals surface area (Å²) in [6.45, 7) is 8.02. The Hall–Kier alpha value is -2.13. The zero-order valence-electron chi connectivity index (χ0n) is 16.4. The Bertz CT molecular complexity index is 905. The number of nitrogens with zero attached hydrogens (tertiary/aromatic N) is 4. The summed E-state index contributed by atoms with van der Waals surface area (Å²) in [5, 5.41) is 10.4. The van der Waals surface area contributed by atoms with Gasteiger partial charge < -0.3 is 19.3 Å². The highest BCUT2D eigenvalue weighted by Crippen LogP contribution is 2.25. The molecule has 0 radical (unpaired) electrons. The first-order valence-electron chi connectivity index (χ1n) is 9.52. The topological polar surface area (TPSA) is 105 Å². The number of ether oxygens (including phenoxy) is 1. The normalized spacial score (nSPS) is 17.2.